The number of hydrogen-bond acceptors (Lipinski definition) is 5. The highest BCUT2D eigenvalue weighted by atomic mass is 35.5. The molecule has 2 aromatic heterocycles. The van der Waals surface area contributed by atoms with Gasteiger partial charge >= 0.3 is 5.69 Å². The Morgan fingerprint density at radius 1 is 1.35 bits per heavy atom. The molecule has 118 valence electrons. The third kappa shape index (κ3) is 2.69. The van der Waals surface area contributed by atoms with Crippen molar-refractivity contribution in [1.82, 2.24) is 25.5 Å². The fourth-order valence-electron chi connectivity index (χ4n) is 2.86. The standard InChI is InChI=1S/C15H15ClN6O/c16-10-3-1-2-8-6-11(13-20-15(23)22-21-13)19-14(12(8)10)18-9-4-5-17-7-9/h1-3,6,9,17H,4-5,7H2,(H,18,19)(H2,20,21,22,23). The SMILES string of the molecule is O=c1[nH]nc(-c2cc3cccc(Cl)c3c(NC3CCNC3)n2)[nH]1. The molecule has 0 amide bonds. The number of anilines is 1. The van der Waals surface area contributed by atoms with Gasteiger partial charge in [0.25, 0.3) is 0 Å². The molecule has 1 atom stereocenters. The lowest BCUT2D eigenvalue weighted by atomic mass is 10.1. The van der Waals surface area contributed by atoms with Gasteiger partial charge in [-0.2, -0.15) is 5.10 Å². The number of hydrogen-bond donors (Lipinski definition) is 4. The number of H-pyrrole nitrogens is 2. The molecule has 0 bridgehead atoms. The van der Waals surface area contributed by atoms with Crippen LogP contribution < -0.4 is 16.3 Å². The van der Waals surface area contributed by atoms with E-state index in [0.717, 1.165) is 30.3 Å². The first kappa shape index (κ1) is 14.2. The first-order chi connectivity index (χ1) is 11.2. The number of pyridine rings is 1. The first-order valence-corrected chi connectivity index (χ1v) is 7.80. The predicted molar refractivity (Wildman–Crippen MR) is 89.9 cm³/mol. The van der Waals surface area contributed by atoms with Gasteiger partial charge in [0, 0.05) is 18.0 Å². The van der Waals surface area contributed by atoms with Crippen LogP contribution >= 0.6 is 11.6 Å². The molecular formula is C15H15ClN6O. The second-order valence-corrected chi connectivity index (χ2v) is 5.96. The normalized spacial score (nSPS) is 17.7. The first-order valence-electron chi connectivity index (χ1n) is 7.42. The third-order valence-electron chi connectivity index (χ3n) is 3.95. The van der Waals surface area contributed by atoms with Crippen LogP contribution in [0.5, 0.6) is 0 Å². The third-order valence-corrected chi connectivity index (χ3v) is 4.27. The van der Waals surface area contributed by atoms with Gasteiger partial charge in [-0.1, -0.05) is 23.7 Å². The second-order valence-electron chi connectivity index (χ2n) is 5.55. The van der Waals surface area contributed by atoms with Gasteiger partial charge in [0.2, 0.25) is 0 Å². The maximum atomic E-state index is 11.3. The van der Waals surface area contributed by atoms with E-state index in [2.05, 4.69) is 30.8 Å². The smallest absolute Gasteiger partial charge is 0.340 e. The molecule has 0 spiro atoms. The zero-order chi connectivity index (χ0) is 15.8. The Bertz CT molecular complexity index is 912. The minimum Gasteiger partial charge on any atom is -0.365 e. The largest absolute Gasteiger partial charge is 0.365 e. The summed E-state index contributed by atoms with van der Waals surface area (Å²) in [6.07, 6.45) is 1.02. The summed E-state index contributed by atoms with van der Waals surface area (Å²) in [4.78, 5) is 18.6. The van der Waals surface area contributed by atoms with Crippen LogP contribution in [0.4, 0.5) is 5.82 Å². The number of aromatic nitrogens is 4. The lowest BCUT2D eigenvalue weighted by Crippen LogP contribution is -2.23. The van der Waals surface area contributed by atoms with Gasteiger partial charge in [0.15, 0.2) is 5.82 Å². The van der Waals surface area contributed by atoms with E-state index in [-0.39, 0.29) is 5.69 Å². The maximum Gasteiger partial charge on any atom is 0.340 e. The summed E-state index contributed by atoms with van der Waals surface area (Å²) >= 11 is 6.37. The summed E-state index contributed by atoms with van der Waals surface area (Å²) in [7, 11) is 0. The average Bonchev–Trinajstić information content (AvgIpc) is 3.19. The van der Waals surface area contributed by atoms with Crippen LogP contribution in [-0.2, 0) is 0 Å². The number of benzene rings is 1. The van der Waals surface area contributed by atoms with Gasteiger partial charge in [-0.3, -0.25) is 4.98 Å². The fourth-order valence-corrected chi connectivity index (χ4v) is 3.13. The summed E-state index contributed by atoms with van der Waals surface area (Å²) in [5, 5.41) is 15.6. The number of fused-ring (bicyclic) bond motifs is 1. The van der Waals surface area contributed by atoms with E-state index >= 15 is 0 Å². The van der Waals surface area contributed by atoms with E-state index in [4.69, 9.17) is 11.6 Å². The number of aromatic amines is 2. The Morgan fingerprint density at radius 2 is 2.26 bits per heavy atom. The molecule has 1 unspecified atom stereocenters. The summed E-state index contributed by atoms with van der Waals surface area (Å²) in [6, 6.07) is 7.87. The highest BCUT2D eigenvalue weighted by Gasteiger charge is 2.18. The summed E-state index contributed by atoms with van der Waals surface area (Å²) in [6.45, 7) is 1.87. The van der Waals surface area contributed by atoms with Crippen LogP contribution in [0.15, 0.2) is 29.1 Å². The lowest BCUT2D eigenvalue weighted by Gasteiger charge is -2.16. The molecule has 0 aliphatic carbocycles. The van der Waals surface area contributed by atoms with Gasteiger partial charge in [-0.15, -0.1) is 0 Å². The van der Waals surface area contributed by atoms with E-state index in [0.29, 0.717) is 28.4 Å². The van der Waals surface area contributed by atoms with Crippen LogP contribution in [0.25, 0.3) is 22.3 Å². The molecule has 3 heterocycles. The average molecular weight is 331 g/mol. The Labute approximate surface area is 136 Å². The number of nitrogens with zero attached hydrogens (tertiary/aromatic N) is 2. The van der Waals surface area contributed by atoms with Crippen molar-refractivity contribution in [2.75, 3.05) is 18.4 Å². The van der Waals surface area contributed by atoms with Gasteiger partial charge in [0.05, 0.1) is 5.02 Å². The number of nitrogens with one attached hydrogen (secondary N) is 4. The van der Waals surface area contributed by atoms with E-state index in [1.54, 1.807) is 0 Å². The molecule has 7 nitrogen and oxygen atoms in total. The molecule has 4 N–H and O–H groups in total. The van der Waals surface area contributed by atoms with E-state index in [9.17, 15) is 4.79 Å². The molecule has 1 aliphatic rings. The molecule has 4 rings (SSSR count). The zero-order valence-electron chi connectivity index (χ0n) is 12.2. The molecule has 1 aliphatic heterocycles. The lowest BCUT2D eigenvalue weighted by molar-refractivity contribution is 0.789. The molecule has 23 heavy (non-hydrogen) atoms. The second kappa shape index (κ2) is 5.68. The van der Waals surface area contributed by atoms with Crippen molar-refractivity contribution in [3.63, 3.8) is 0 Å². The van der Waals surface area contributed by atoms with Crippen molar-refractivity contribution in [2.24, 2.45) is 0 Å². The zero-order valence-corrected chi connectivity index (χ0v) is 12.9. The van der Waals surface area contributed by atoms with Crippen LogP contribution in [0.1, 0.15) is 6.42 Å². The van der Waals surface area contributed by atoms with Crippen LogP contribution in [0, 0.1) is 0 Å². The van der Waals surface area contributed by atoms with Gasteiger partial charge in [-0.05, 0) is 30.5 Å². The van der Waals surface area contributed by atoms with Gasteiger partial charge in [0.1, 0.15) is 11.5 Å². The van der Waals surface area contributed by atoms with Crippen molar-refractivity contribution < 1.29 is 0 Å². The number of rotatable bonds is 3. The van der Waals surface area contributed by atoms with Gasteiger partial charge in [-0.25, -0.2) is 14.9 Å². The van der Waals surface area contributed by atoms with E-state index in [1.165, 1.54) is 0 Å². The molecule has 0 saturated carbocycles. The molecule has 1 fully saturated rings. The van der Waals surface area contributed by atoms with Crippen molar-refractivity contribution >= 4 is 28.2 Å². The topological polar surface area (TPSA) is 98.5 Å². The Kier molecular flexibility index (Phi) is 3.51. The van der Waals surface area contributed by atoms with Crippen molar-refractivity contribution in [2.45, 2.75) is 12.5 Å². The minimum atomic E-state index is -0.359. The highest BCUT2D eigenvalue weighted by molar-refractivity contribution is 6.36. The van der Waals surface area contributed by atoms with Crippen molar-refractivity contribution in [3.8, 4) is 11.5 Å². The highest BCUT2D eigenvalue weighted by Crippen LogP contribution is 2.32. The molecule has 1 aromatic carbocycles. The molecular weight excluding hydrogens is 316 g/mol. The quantitative estimate of drug-likeness (QED) is 0.586. The molecule has 8 heteroatoms. The Balaban J connectivity index is 1.87. The number of halogens is 1. The van der Waals surface area contributed by atoms with Crippen LogP contribution in [-0.4, -0.2) is 39.3 Å². The summed E-state index contributed by atoms with van der Waals surface area (Å²) < 4.78 is 0. The van der Waals surface area contributed by atoms with Gasteiger partial charge < -0.3 is 10.6 Å². The molecule has 3 aromatic rings. The summed E-state index contributed by atoms with van der Waals surface area (Å²) in [5.41, 5.74) is 0.231. The van der Waals surface area contributed by atoms with Crippen molar-refractivity contribution in [1.29, 1.82) is 0 Å². The maximum absolute atomic E-state index is 11.3. The van der Waals surface area contributed by atoms with Crippen LogP contribution in [0.3, 0.4) is 0 Å². The Hall–Kier alpha value is -2.38. The Morgan fingerprint density at radius 3 is 3.00 bits per heavy atom. The molecule has 1 saturated heterocycles. The summed E-state index contributed by atoms with van der Waals surface area (Å²) in [5.74, 6) is 1.12. The fraction of sp³-hybridized carbons (Fsp3) is 0.267. The van der Waals surface area contributed by atoms with E-state index < -0.39 is 0 Å². The molecule has 0 radical (unpaired) electrons. The van der Waals surface area contributed by atoms with Crippen molar-refractivity contribution in [3.05, 3.63) is 39.8 Å². The predicted octanol–water partition coefficient (Wildman–Crippen LogP) is 1.74. The van der Waals surface area contributed by atoms with E-state index in [1.807, 2.05) is 24.3 Å². The monoisotopic (exact) mass is 330 g/mol. The minimum absolute atomic E-state index is 0.301. The van der Waals surface area contributed by atoms with Crippen LogP contribution in [0.2, 0.25) is 5.02 Å².